The largest absolute Gasteiger partial charge is 0.366 e. The molecule has 0 amide bonds. The molecule has 2 aliphatic heterocycles. The van der Waals surface area contributed by atoms with Crippen molar-refractivity contribution >= 4 is 5.69 Å². The highest BCUT2D eigenvalue weighted by Crippen LogP contribution is 2.29. The van der Waals surface area contributed by atoms with Gasteiger partial charge in [-0.2, -0.15) is 0 Å². The van der Waals surface area contributed by atoms with E-state index in [0.717, 1.165) is 13.1 Å². The van der Waals surface area contributed by atoms with Crippen molar-refractivity contribution in [2.24, 2.45) is 0 Å². The second-order valence-corrected chi connectivity index (χ2v) is 4.09. The fraction of sp³-hybridized carbons (Fsp3) is 0.545. The van der Waals surface area contributed by atoms with Crippen molar-refractivity contribution in [1.29, 1.82) is 0 Å². The average Bonchev–Trinajstić information content (AvgIpc) is 2.61. The van der Waals surface area contributed by atoms with E-state index in [1.165, 1.54) is 30.8 Å². The van der Waals surface area contributed by atoms with Crippen LogP contribution >= 0.6 is 0 Å². The third-order valence-corrected chi connectivity index (χ3v) is 3.23. The van der Waals surface area contributed by atoms with E-state index in [9.17, 15) is 0 Å². The second kappa shape index (κ2) is 3.24. The van der Waals surface area contributed by atoms with Crippen LogP contribution in [0.3, 0.4) is 0 Å². The first-order valence-corrected chi connectivity index (χ1v) is 5.36. The number of hydrogen-bond donors (Lipinski definition) is 1. The number of anilines is 1. The molecule has 0 bridgehead atoms. The van der Waals surface area contributed by atoms with Crippen LogP contribution in [0.15, 0.2) is 18.3 Å². The van der Waals surface area contributed by atoms with Crippen LogP contribution in [0.1, 0.15) is 18.5 Å². The van der Waals surface area contributed by atoms with Gasteiger partial charge in [0, 0.05) is 31.9 Å². The number of nitrogens with one attached hydrogen (secondary N) is 1. The summed E-state index contributed by atoms with van der Waals surface area (Å²) in [5.41, 5.74) is 2.55. The van der Waals surface area contributed by atoms with Gasteiger partial charge in [0.05, 0.1) is 11.4 Å². The van der Waals surface area contributed by atoms with E-state index in [-0.39, 0.29) is 0 Å². The Kier molecular flexibility index (Phi) is 1.91. The summed E-state index contributed by atoms with van der Waals surface area (Å²) in [6.45, 7) is 3.23. The van der Waals surface area contributed by atoms with Crippen molar-refractivity contribution in [3.05, 3.63) is 24.0 Å². The molecule has 3 rings (SSSR count). The molecule has 1 saturated heterocycles. The van der Waals surface area contributed by atoms with Crippen LogP contribution in [0.2, 0.25) is 0 Å². The molecule has 1 fully saturated rings. The van der Waals surface area contributed by atoms with Gasteiger partial charge in [0.1, 0.15) is 0 Å². The Hall–Kier alpha value is -1.09. The molecule has 0 aromatic carbocycles. The normalized spacial score (nSPS) is 25.4. The molecule has 1 aromatic heterocycles. The molecular formula is C11H15N3. The molecule has 0 saturated carbocycles. The minimum Gasteiger partial charge on any atom is -0.366 e. The summed E-state index contributed by atoms with van der Waals surface area (Å²) >= 11 is 0. The van der Waals surface area contributed by atoms with Crippen LogP contribution in [-0.2, 0) is 6.54 Å². The second-order valence-electron chi connectivity index (χ2n) is 4.09. The Balaban J connectivity index is 2.04. The molecule has 0 radical (unpaired) electrons. The van der Waals surface area contributed by atoms with Crippen LogP contribution in [0.4, 0.5) is 5.69 Å². The average molecular weight is 189 g/mol. The maximum absolute atomic E-state index is 4.44. The lowest BCUT2D eigenvalue weighted by Crippen LogP contribution is -2.34. The topological polar surface area (TPSA) is 28.2 Å². The quantitative estimate of drug-likeness (QED) is 0.663. The van der Waals surface area contributed by atoms with Crippen LogP contribution in [0, 0.1) is 0 Å². The number of nitrogens with zero attached hydrogens (tertiary/aromatic N) is 2. The smallest absolute Gasteiger partial charge is 0.0774 e. The van der Waals surface area contributed by atoms with Crippen LogP contribution < -0.4 is 10.2 Å². The third kappa shape index (κ3) is 1.20. The van der Waals surface area contributed by atoms with Crippen molar-refractivity contribution in [3.63, 3.8) is 0 Å². The number of aromatic nitrogens is 1. The zero-order chi connectivity index (χ0) is 9.38. The fourth-order valence-electron chi connectivity index (χ4n) is 2.55. The van der Waals surface area contributed by atoms with Gasteiger partial charge in [-0.3, -0.25) is 4.98 Å². The Morgan fingerprint density at radius 1 is 1.50 bits per heavy atom. The van der Waals surface area contributed by atoms with Crippen LogP contribution in [0.25, 0.3) is 0 Å². The number of pyridine rings is 1. The maximum Gasteiger partial charge on any atom is 0.0774 e. The lowest BCUT2D eigenvalue weighted by atomic mass is 10.2. The van der Waals surface area contributed by atoms with E-state index in [0.29, 0.717) is 6.04 Å². The highest BCUT2D eigenvalue weighted by Gasteiger charge is 2.28. The van der Waals surface area contributed by atoms with Gasteiger partial charge >= 0.3 is 0 Å². The van der Waals surface area contributed by atoms with E-state index in [4.69, 9.17) is 0 Å². The van der Waals surface area contributed by atoms with Crippen molar-refractivity contribution in [1.82, 2.24) is 10.3 Å². The monoisotopic (exact) mass is 189 g/mol. The fourth-order valence-corrected chi connectivity index (χ4v) is 2.55. The molecule has 0 aliphatic carbocycles. The summed E-state index contributed by atoms with van der Waals surface area (Å²) in [5.74, 6) is 0. The number of fused-ring (bicyclic) bond motifs is 3. The summed E-state index contributed by atoms with van der Waals surface area (Å²) < 4.78 is 0. The van der Waals surface area contributed by atoms with Crippen LogP contribution in [-0.4, -0.2) is 24.1 Å². The van der Waals surface area contributed by atoms with Gasteiger partial charge in [-0.05, 0) is 25.0 Å². The zero-order valence-corrected chi connectivity index (χ0v) is 8.24. The number of rotatable bonds is 0. The summed E-state index contributed by atoms with van der Waals surface area (Å²) in [6, 6.07) is 4.94. The van der Waals surface area contributed by atoms with Gasteiger partial charge in [-0.1, -0.05) is 0 Å². The first kappa shape index (κ1) is 8.24. The maximum atomic E-state index is 4.44. The molecule has 1 N–H and O–H groups in total. The molecule has 0 spiro atoms. The Bertz CT molecular complexity index is 337. The molecule has 74 valence electrons. The lowest BCUT2D eigenvalue weighted by Gasteiger charge is -2.24. The van der Waals surface area contributed by atoms with Crippen molar-refractivity contribution in [2.45, 2.75) is 25.4 Å². The summed E-state index contributed by atoms with van der Waals surface area (Å²) in [5, 5.41) is 3.47. The standard InChI is InChI=1S/C11H15N3/c1-4-11-10(13-5-1)8-12-7-9-3-2-6-14(9)11/h1,4-5,9,12H,2-3,6-8H2/t9-/m0/s1. The Labute approximate surface area is 84.1 Å². The molecule has 14 heavy (non-hydrogen) atoms. The summed E-state index contributed by atoms with van der Waals surface area (Å²) in [6.07, 6.45) is 4.53. The molecule has 3 nitrogen and oxygen atoms in total. The highest BCUT2D eigenvalue weighted by atomic mass is 15.2. The zero-order valence-electron chi connectivity index (χ0n) is 8.24. The SMILES string of the molecule is c1cnc2c(c1)N1CCC[C@H]1CNC2. The van der Waals surface area contributed by atoms with E-state index >= 15 is 0 Å². The minimum atomic E-state index is 0.695. The molecular weight excluding hydrogens is 174 g/mol. The third-order valence-electron chi connectivity index (χ3n) is 3.23. The summed E-state index contributed by atoms with van der Waals surface area (Å²) in [4.78, 5) is 6.95. The van der Waals surface area contributed by atoms with Crippen LogP contribution in [0.5, 0.6) is 0 Å². The van der Waals surface area contributed by atoms with E-state index < -0.39 is 0 Å². The van der Waals surface area contributed by atoms with E-state index in [1.54, 1.807) is 0 Å². The van der Waals surface area contributed by atoms with Gasteiger partial charge in [-0.15, -0.1) is 0 Å². The molecule has 1 aromatic rings. The molecule has 1 atom stereocenters. The van der Waals surface area contributed by atoms with Crippen molar-refractivity contribution in [2.75, 3.05) is 18.0 Å². The molecule has 2 aliphatic rings. The van der Waals surface area contributed by atoms with Gasteiger partial charge in [0.15, 0.2) is 0 Å². The first-order chi connectivity index (χ1) is 6.95. The van der Waals surface area contributed by atoms with Gasteiger partial charge < -0.3 is 10.2 Å². The molecule has 0 unspecified atom stereocenters. The molecule has 3 heterocycles. The Morgan fingerprint density at radius 3 is 3.50 bits per heavy atom. The highest BCUT2D eigenvalue weighted by molar-refractivity contribution is 5.53. The van der Waals surface area contributed by atoms with Crippen molar-refractivity contribution in [3.8, 4) is 0 Å². The van der Waals surface area contributed by atoms with Gasteiger partial charge in [-0.25, -0.2) is 0 Å². The lowest BCUT2D eigenvalue weighted by molar-refractivity contribution is 0.591. The van der Waals surface area contributed by atoms with Gasteiger partial charge in [0.25, 0.3) is 0 Å². The van der Waals surface area contributed by atoms with Gasteiger partial charge in [0.2, 0.25) is 0 Å². The first-order valence-electron chi connectivity index (χ1n) is 5.36. The predicted octanol–water partition coefficient (Wildman–Crippen LogP) is 1.15. The predicted molar refractivity (Wildman–Crippen MR) is 56.3 cm³/mol. The van der Waals surface area contributed by atoms with E-state index in [2.05, 4.69) is 21.3 Å². The number of hydrogen-bond acceptors (Lipinski definition) is 3. The van der Waals surface area contributed by atoms with E-state index in [1.807, 2.05) is 12.3 Å². The summed E-state index contributed by atoms with van der Waals surface area (Å²) in [7, 11) is 0. The minimum absolute atomic E-state index is 0.695. The van der Waals surface area contributed by atoms with Crippen molar-refractivity contribution < 1.29 is 0 Å². The molecule has 3 heteroatoms. The Morgan fingerprint density at radius 2 is 2.50 bits per heavy atom.